The van der Waals surface area contributed by atoms with Crippen LogP contribution in [0.3, 0.4) is 0 Å². The number of hydrogen-bond acceptors (Lipinski definition) is 3. The topological polar surface area (TPSA) is 47.3 Å². The normalized spacial score (nSPS) is 14.4. The van der Waals surface area contributed by atoms with E-state index >= 15 is 0 Å². The number of ether oxygens (including phenoxy) is 1. The summed E-state index contributed by atoms with van der Waals surface area (Å²) in [6.45, 7) is 1.51. The molecule has 1 fully saturated rings. The summed E-state index contributed by atoms with van der Waals surface area (Å²) in [5, 5.41) is 2.68. The fourth-order valence-corrected chi connectivity index (χ4v) is 1.78. The highest BCUT2D eigenvalue weighted by molar-refractivity contribution is 7.80. The third-order valence-electron chi connectivity index (χ3n) is 2.93. The van der Waals surface area contributed by atoms with Crippen LogP contribution in [-0.2, 0) is 4.74 Å². The molecule has 1 aliphatic rings. The summed E-state index contributed by atoms with van der Waals surface area (Å²) in [6, 6.07) is 2.25. The van der Waals surface area contributed by atoms with Crippen molar-refractivity contribution in [3.8, 4) is 0 Å². The van der Waals surface area contributed by atoms with Crippen LogP contribution in [0.2, 0.25) is 0 Å². The van der Waals surface area contributed by atoms with E-state index in [1.54, 1.807) is 0 Å². The first-order valence-corrected chi connectivity index (χ1v) is 6.59. The van der Waals surface area contributed by atoms with Crippen LogP contribution in [0.25, 0.3) is 0 Å². The van der Waals surface area contributed by atoms with Crippen molar-refractivity contribution in [3.63, 3.8) is 0 Å². The Morgan fingerprint density at radius 2 is 2.00 bits per heavy atom. The van der Waals surface area contributed by atoms with Crippen LogP contribution in [0.4, 0.5) is 14.5 Å². The molecule has 0 unspecified atom stereocenters. The molecule has 0 heterocycles. The molecule has 0 saturated heterocycles. The van der Waals surface area contributed by atoms with E-state index in [0.717, 1.165) is 18.7 Å². The summed E-state index contributed by atoms with van der Waals surface area (Å²) in [6.07, 6.45) is 2.44. The van der Waals surface area contributed by atoms with E-state index in [4.69, 9.17) is 10.5 Å². The fraction of sp³-hybridized carbons (Fsp3) is 0.462. The molecule has 104 valence electrons. The molecule has 0 atom stereocenters. The maximum Gasteiger partial charge on any atom is 0.150 e. The standard InChI is InChI=1S/C13H16F2N2OS/c14-10-5-9(13(16)19)6-11(15)12(10)17-3-4-18-7-8-1-2-8/h5-6,8,17H,1-4,7H2,(H2,16,19). The first-order valence-electron chi connectivity index (χ1n) is 6.18. The van der Waals surface area contributed by atoms with E-state index in [2.05, 4.69) is 17.5 Å². The van der Waals surface area contributed by atoms with Crippen molar-refractivity contribution in [1.82, 2.24) is 0 Å². The van der Waals surface area contributed by atoms with Gasteiger partial charge in [-0.3, -0.25) is 0 Å². The van der Waals surface area contributed by atoms with E-state index in [-0.39, 0.29) is 16.2 Å². The molecule has 3 nitrogen and oxygen atoms in total. The zero-order valence-corrected chi connectivity index (χ0v) is 11.2. The largest absolute Gasteiger partial charge is 0.389 e. The van der Waals surface area contributed by atoms with Crippen molar-refractivity contribution >= 4 is 22.9 Å². The van der Waals surface area contributed by atoms with Gasteiger partial charge in [0.05, 0.1) is 6.61 Å². The highest BCUT2D eigenvalue weighted by Gasteiger charge is 2.20. The average Bonchev–Trinajstić information content (AvgIpc) is 3.15. The summed E-state index contributed by atoms with van der Waals surface area (Å²) in [7, 11) is 0. The third-order valence-corrected chi connectivity index (χ3v) is 3.16. The van der Waals surface area contributed by atoms with Gasteiger partial charge in [-0.1, -0.05) is 12.2 Å². The predicted molar refractivity (Wildman–Crippen MR) is 74.3 cm³/mol. The minimum Gasteiger partial charge on any atom is -0.389 e. The van der Waals surface area contributed by atoms with Gasteiger partial charge in [0, 0.05) is 18.7 Å². The van der Waals surface area contributed by atoms with Gasteiger partial charge in [-0.2, -0.15) is 0 Å². The summed E-state index contributed by atoms with van der Waals surface area (Å²) in [5.74, 6) is -0.728. The Hall–Kier alpha value is -1.27. The lowest BCUT2D eigenvalue weighted by molar-refractivity contribution is 0.134. The molecule has 1 aromatic rings. The van der Waals surface area contributed by atoms with Crippen LogP contribution in [0.15, 0.2) is 12.1 Å². The van der Waals surface area contributed by atoms with Crippen LogP contribution in [0, 0.1) is 17.6 Å². The zero-order valence-electron chi connectivity index (χ0n) is 10.4. The molecule has 19 heavy (non-hydrogen) atoms. The number of benzene rings is 1. The summed E-state index contributed by atoms with van der Waals surface area (Å²) < 4.78 is 32.7. The molecule has 0 spiro atoms. The first-order chi connectivity index (χ1) is 9.08. The van der Waals surface area contributed by atoms with E-state index in [1.165, 1.54) is 12.8 Å². The first kappa shape index (κ1) is 14.1. The van der Waals surface area contributed by atoms with Crippen LogP contribution in [-0.4, -0.2) is 24.7 Å². The van der Waals surface area contributed by atoms with Crippen molar-refractivity contribution in [2.24, 2.45) is 11.7 Å². The quantitative estimate of drug-likeness (QED) is 0.597. The lowest BCUT2D eigenvalue weighted by Crippen LogP contribution is -2.15. The van der Waals surface area contributed by atoms with Gasteiger partial charge in [0.1, 0.15) is 22.3 Å². The van der Waals surface area contributed by atoms with Crippen LogP contribution >= 0.6 is 12.2 Å². The number of anilines is 1. The molecule has 1 aliphatic carbocycles. The summed E-state index contributed by atoms with van der Waals surface area (Å²) in [4.78, 5) is -0.0304. The Bertz CT molecular complexity index is 455. The summed E-state index contributed by atoms with van der Waals surface area (Å²) >= 11 is 4.68. The zero-order chi connectivity index (χ0) is 13.8. The van der Waals surface area contributed by atoms with Crippen LogP contribution < -0.4 is 11.1 Å². The Morgan fingerprint density at radius 3 is 2.53 bits per heavy atom. The van der Waals surface area contributed by atoms with Gasteiger partial charge in [0.25, 0.3) is 0 Å². The molecule has 0 aliphatic heterocycles. The minimum absolute atomic E-state index is 0.0304. The average molecular weight is 286 g/mol. The molecule has 6 heteroatoms. The van der Waals surface area contributed by atoms with Crippen LogP contribution in [0.1, 0.15) is 18.4 Å². The molecule has 0 radical (unpaired) electrons. The van der Waals surface area contributed by atoms with E-state index in [9.17, 15) is 8.78 Å². The maximum atomic E-state index is 13.7. The third kappa shape index (κ3) is 4.11. The van der Waals surface area contributed by atoms with Crippen molar-refractivity contribution < 1.29 is 13.5 Å². The Morgan fingerprint density at radius 1 is 1.37 bits per heavy atom. The lowest BCUT2D eigenvalue weighted by atomic mass is 10.2. The van der Waals surface area contributed by atoms with Gasteiger partial charge in [-0.15, -0.1) is 0 Å². The Balaban J connectivity index is 1.86. The molecule has 2 rings (SSSR count). The summed E-state index contributed by atoms with van der Waals surface area (Å²) in [5.41, 5.74) is 5.34. The van der Waals surface area contributed by atoms with Gasteiger partial charge in [0.15, 0.2) is 0 Å². The molecular formula is C13H16F2N2OS. The van der Waals surface area contributed by atoms with Gasteiger partial charge in [-0.25, -0.2) is 8.78 Å². The van der Waals surface area contributed by atoms with E-state index in [1.807, 2.05) is 0 Å². The molecule has 1 aromatic carbocycles. The van der Waals surface area contributed by atoms with E-state index < -0.39 is 11.6 Å². The maximum absolute atomic E-state index is 13.7. The number of nitrogens with one attached hydrogen (secondary N) is 1. The Labute approximate surface area is 116 Å². The van der Waals surface area contributed by atoms with E-state index in [0.29, 0.717) is 19.1 Å². The van der Waals surface area contributed by atoms with Crippen molar-refractivity contribution in [2.75, 3.05) is 25.1 Å². The fourth-order valence-electron chi connectivity index (χ4n) is 1.67. The molecule has 0 amide bonds. The second kappa shape index (κ2) is 6.25. The Kier molecular flexibility index (Phi) is 4.66. The molecule has 1 saturated carbocycles. The molecule has 0 bridgehead atoms. The predicted octanol–water partition coefficient (Wildman–Crippen LogP) is 2.44. The van der Waals surface area contributed by atoms with Crippen molar-refractivity contribution in [2.45, 2.75) is 12.8 Å². The second-order valence-corrected chi connectivity index (χ2v) is 5.06. The molecular weight excluding hydrogens is 270 g/mol. The van der Waals surface area contributed by atoms with Gasteiger partial charge in [-0.05, 0) is 30.9 Å². The highest BCUT2D eigenvalue weighted by Crippen LogP contribution is 2.28. The number of halogens is 2. The van der Waals surface area contributed by atoms with Crippen LogP contribution in [0.5, 0.6) is 0 Å². The second-order valence-electron chi connectivity index (χ2n) is 4.62. The van der Waals surface area contributed by atoms with Gasteiger partial charge >= 0.3 is 0 Å². The number of thiocarbonyl (C=S) groups is 1. The SMILES string of the molecule is NC(=S)c1cc(F)c(NCCOCC2CC2)c(F)c1. The lowest BCUT2D eigenvalue weighted by Gasteiger charge is -2.10. The minimum atomic E-state index is -0.704. The molecule has 0 aromatic heterocycles. The molecule has 3 N–H and O–H groups in total. The smallest absolute Gasteiger partial charge is 0.150 e. The number of nitrogens with two attached hydrogens (primary N) is 1. The highest BCUT2D eigenvalue weighted by atomic mass is 32.1. The number of rotatable bonds is 7. The van der Waals surface area contributed by atoms with Gasteiger partial charge < -0.3 is 15.8 Å². The van der Waals surface area contributed by atoms with Crippen molar-refractivity contribution in [3.05, 3.63) is 29.3 Å². The monoisotopic (exact) mass is 286 g/mol. The van der Waals surface area contributed by atoms with Crippen molar-refractivity contribution in [1.29, 1.82) is 0 Å². The van der Waals surface area contributed by atoms with Gasteiger partial charge in [0.2, 0.25) is 0 Å². The number of hydrogen-bond donors (Lipinski definition) is 2.